The molecule has 0 radical (unpaired) electrons. The quantitative estimate of drug-likeness (QED) is 0.719. The highest BCUT2D eigenvalue weighted by Crippen LogP contribution is 2.29. The number of nitrogen functional groups attached to an aromatic ring is 1. The molecule has 1 aromatic rings. The largest absolute Gasteiger partial charge is 0.383 e. The zero-order valence-electron chi connectivity index (χ0n) is 11.4. The molecule has 1 aliphatic rings. The van der Waals surface area contributed by atoms with Crippen molar-refractivity contribution in [3.8, 4) is 0 Å². The fraction of sp³-hybridized carbons (Fsp3) is 0.692. The van der Waals surface area contributed by atoms with Crippen LogP contribution in [0.25, 0.3) is 0 Å². The van der Waals surface area contributed by atoms with Crippen molar-refractivity contribution in [2.75, 3.05) is 17.6 Å². The molecule has 1 heterocycles. The van der Waals surface area contributed by atoms with E-state index in [9.17, 15) is 9.59 Å². The summed E-state index contributed by atoms with van der Waals surface area (Å²) in [6.45, 7) is 3.20. The highest BCUT2D eigenvalue weighted by atomic mass is 16.2. The van der Waals surface area contributed by atoms with Gasteiger partial charge in [0.15, 0.2) is 0 Å². The third-order valence-electron chi connectivity index (χ3n) is 3.77. The monoisotopic (exact) mass is 266 g/mol. The van der Waals surface area contributed by atoms with Gasteiger partial charge in [-0.1, -0.05) is 26.2 Å². The number of hydrogen-bond donors (Lipinski definition) is 3. The summed E-state index contributed by atoms with van der Waals surface area (Å²) in [5.41, 5.74) is 5.38. The van der Waals surface area contributed by atoms with Crippen molar-refractivity contribution in [1.29, 1.82) is 0 Å². The van der Waals surface area contributed by atoms with Gasteiger partial charge in [0.05, 0.1) is 0 Å². The summed E-state index contributed by atoms with van der Waals surface area (Å²) in [7, 11) is 0. The lowest BCUT2D eigenvalue weighted by Crippen LogP contribution is -2.34. The molecule has 106 valence electrons. The molecule has 0 aliphatic heterocycles. The van der Waals surface area contributed by atoms with Crippen molar-refractivity contribution in [3.05, 3.63) is 20.8 Å². The fourth-order valence-corrected chi connectivity index (χ4v) is 2.39. The van der Waals surface area contributed by atoms with E-state index in [1.165, 1.54) is 23.8 Å². The molecule has 0 unspecified atom stereocenters. The van der Waals surface area contributed by atoms with E-state index in [2.05, 4.69) is 10.3 Å². The van der Waals surface area contributed by atoms with E-state index in [1.807, 2.05) is 6.92 Å². The first-order valence-electron chi connectivity index (χ1n) is 7.00. The molecule has 6 nitrogen and oxygen atoms in total. The minimum atomic E-state index is -0.436. The predicted octanol–water partition coefficient (Wildman–Crippen LogP) is 1.13. The van der Waals surface area contributed by atoms with Crippen molar-refractivity contribution < 1.29 is 0 Å². The van der Waals surface area contributed by atoms with Crippen LogP contribution in [0.1, 0.15) is 39.0 Å². The van der Waals surface area contributed by atoms with Gasteiger partial charge >= 0.3 is 5.69 Å². The van der Waals surface area contributed by atoms with Gasteiger partial charge in [0, 0.05) is 13.1 Å². The van der Waals surface area contributed by atoms with Crippen LogP contribution < -0.4 is 22.3 Å². The maximum absolute atomic E-state index is 11.8. The van der Waals surface area contributed by atoms with Crippen molar-refractivity contribution in [2.24, 2.45) is 5.92 Å². The number of anilines is 2. The van der Waals surface area contributed by atoms with E-state index < -0.39 is 11.2 Å². The van der Waals surface area contributed by atoms with Gasteiger partial charge in [-0.25, -0.2) is 4.79 Å². The molecule has 1 saturated carbocycles. The molecule has 19 heavy (non-hydrogen) atoms. The second kappa shape index (κ2) is 5.95. The Bertz CT molecular complexity index is 543. The summed E-state index contributed by atoms with van der Waals surface area (Å²) in [5.74, 6) is 1.01. The molecule has 4 N–H and O–H groups in total. The molecule has 1 fully saturated rings. The van der Waals surface area contributed by atoms with Crippen molar-refractivity contribution in [2.45, 2.75) is 45.6 Å². The van der Waals surface area contributed by atoms with Crippen LogP contribution in [0.4, 0.5) is 11.5 Å². The molecule has 1 aliphatic carbocycles. The number of aromatic amines is 1. The third-order valence-corrected chi connectivity index (χ3v) is 3.77. The van der Waals surface area contributed by atoms with Crippen molar-refractivity contribution in [3.63, 3.8) is 0 Å². The summed E-state index contributed by atoms with van der Waals surface area (Å²) in [4.78, 5) is 25.7. The number of hydrogen-bond acceptors (Lipinski definition) is 4. The maximum Gasteiger partial charge on any atom is 0.330 e. The van der Waals surface area contributed by atoms with Crippen LogP contribution in [0, 0.1) is 5.92 Å². The summed E-state index contributed by atoms with van der Waals surface area (Å²) in [5, 5.41) is 3.08. The molecule has 0 aromatic carbocycles. The van der Waals surface area contributed by atoms with Gasteiger partial charge in [0.1, 0.15) is 11.5 Å². The summed E-state index contributed by atoms with van der Waals surface area (Å²) >= 11 is 0. The van der Waals surface area contributed by atoms with Gasteiger partial charge in [0.2, 0.25) is 0 Å². The number of H-pyrrole nitrogens is 1. The first-order chi connectivity index (χ1) is 9.13. The van der Waals surface area contributed by atoms with Crippen LogP contribution >= 0.6 is 0 Å². The Hall–Kier alpha value is -1.72. The third kappa shape index (κ3) is 3.00. The molecule has 0 saturated heterocycles. The van der Waals surface area contributed by atoms with Gasteiger partial charge in [-0.2, -0.15) is 0 Å². The van der Waals surface area contributed by atoms with Crippen molar-refractivity contribution in [1.82, 2.24) is 9.55 Å². The zero-order chi connectivity index (χ0) is 13.8. The van der Waals surface area contributed by atoms with Crippen LogP contribution in [-0.2, 0) is 6.54 Å². The fourth-order valence-electron chi connectivity index (χ4n) is 2.39. The molecule has 2 rings (SSSR count). The topological polar surface area (TPSA) is 92.9 Å². The smallest absolute Gasteiger partial charge is 0.330 e. The Morgan fingerprint density at radius 1 is 1.42 bits per heavy atom. The lowest BCUT2D eigenvalue weighted by Gasteiger charge is -2.25. The average Bonchev–Trinajstić information content (AvgIpc) is 2.31. The first kappa shape index (κ1) is 13.7. The number of rotatable bonds is 6. The highest BCUT2D eigenvalue weighted by Gasteiger charge is 2.17. The molecule has 0 spiro atoms. The summed E-state index contributed by atoms with van der Waals surface area (Å²) < 4.78 is 1.41. The van der Waals surface area contributed by atoms with Crippen LogP contribution in [0.5, 0.6) is 0 Å². The van der Waals surface area contributed by atoms with E-state index in [1.54, 1.807) is 0 Å². The Kier molecular flexibility index (Phi) is 4.29. The number of nitrogens with zero attached hydrogens (tertiary/aromatic N) is 1. The molecular formula is C13H22N4O2. The SMILES string of the molecule is CCCn1c(N)c(NCCC2CCC2)c(=O)[nH]c1=O. The van der Waals surface area contributed by atoms with E-state index >= 15 is 0 Å². The molecule has 0 atom stereocenters. The second-order valence-corrected chi connectivity index (χ2v) is 5.18. The maximum atomic E-state index is 11.8. The Morgan fingerprint density at radius 3 is 2.74 bits per heavy atom. The number of aromatic nitrogens is 2. The minimum Gasteiger partial charge on any atom is -0.383 e. The summed E-state index contributed by atoms with van der Waals surface area (Å²) in [6.07, 6.45) is 5.71. The Labute approximate surface area is 112 Å². The number of nitrogens with one attached hydrogen (secondary N) is 2. The van der Waals surface area contributed by atoms with Crippen LogP contribution in [0.15, 0.2) is 9.59 Å². The second-order valence-electron chi connectivity index (χ2n) is 5.18. The predicted molar refractivity (Wildman–Crippen MR) is 76.5 cm³/mol. The first-order valence-corrected chi connectivity index (χ1v) is 7.00. The van der Waals surface area contributed by atoms with E-state index in [-0.39, 0.29) is 5.82 Å². The van der Waals surface area contributed by atoms with E-state index in [0.717, 1.165) is 25.3 Å². The van der Waals surface area contributed by atoms with Crippen LogP contribution in [0.2, 0.25) is 0 Å². The van der Waals surface area contributed by atoms with Crippen LogP contribution in [0.3, 0.4) is 0 Å². The molecule has 1 aromatic heterocycles. The van der Waals surface area contributed by atoms with Gasteiger partial charge < -0.3 is 11.1 Å². The van der Waals surface area contributed by atoms with Crippen molar-refractivity contribution >= 4 is 11.5 Å². The van der Waals surface area contributed by atoms with Crippen LogP contribution in [-0.4, -0.2) is 16.1 Å². The molecule has 0 amide bonds. The van der Waals surface area contributed by atoms with Gasteiger partial charge in [-0.05, 0) is 18.8 Å². The lowest BCUT2D eigenvalue weighted by molar-refractivity contribution is 0.303. The average molecular weight is 266 g/mol. The van der Waals surface area contributed by atoms with Gasteiger partial charge in [-0.3, -0.25) is 14.3 Å². The van der Waals surface area contributed by atoms with E-state index in [4.69, 9.17) is 5.73 Å². The van der Waals surface area contributed by atoms with E-state index in [0.29, 0.717) is 12.2 Å². The van der Waals surface area contributed by atoms with Gasteiger partial charge in [0.25, 0.3) is 5.56 Å². The lowest BCUT2D eigenvalue weighted by atomic mass is 9.83. The summed E-state index contributed by atoms with van der Waals surface area (Å²) in [6, 6.07) is 0. The van der Waals surface area contributed by atoms with Gasteiger partial charge in [-0.15, -0.1) is 0 Å². The number of nitrogens with two attached hydrogens (primary N) is 1. The standard InChI is InChI=1S/C13H22N4O2/c1-2-8-17-11(14)10(12(18)16-13(17)19)15-7-6-9-4-3-5-9/h9,15H,2-8,14H2,1H3,(H,16,18,19). The molecular weight excluding hydrogens is 244 g/mol. The normalized spacial score (nSPS) is 15.2. The Morgan fingerprint density at radius 2 is 2.16 bits per heavy atom. The highest BCUT2D eigenvalue weighted by molar-refractivity contribution is 5.60. The zero-order valence-corrected chi connectivity index (χ0v) is 11.4. The molecule has 6 heteroatoms. The Balaban J connectivity index is 2.11. The molecule has 0 bridgehead atoms. The minimum absolute atomic E-state index is 0.240.